The molecule has 0 spiro atoms. The molecule has 0 radical (unpaired) electrons. The maximum Gasteiger partial charge on any atom is 0.355 e. The molecular weight excluding hydrogens is 238 g/mol. The third-order valence-corrected chi connectivity index (χ3v) is 2.19. The predicted molar refractivity (Wildman–Crippen MR) is 48.5 cm³/mol. The number of H-pyrrole nitrogens is 1. The Bertz CT molecular complexity index is 480. The van der Waals surface area contributed by atoms with Gasteiger partial charge in [0.1, 0.15) is 0 Å². The van der Waals surface area contributed by atoms with Crippen LogP contribution in [0.15, 0.2) is 16.7 Å². The van der Waals surface area contributed by atoms with Gasteiger partial charge in [-0.2, -0.15) is 5.10 Å². The van der Waals surface area contributed by atoms with Gasteiger partial charge < -0.3 is 5.11 Å². The highest BCUT2D eigenvalue weighted by molar-refractivity contribution is 9.10. The topological polar surface area (TPSA) is 78.9 Å². The summed E-state index contributed by atoms with van der Waals surface area (Å²) in [5, 5.41) is 15.8. The van der Waals surface area contributed by atoms with Gasteiger partial charge in [-0.05, 0) is 22.0 Å². The van der Waals surface area contributed by atoms with E-state index in [1.54, 1.807) is 12.3 Å². The summed E-state index contributed by atoms with van der Waals surface area (Å²) < 4.78 is 0.453. The average Bonchev–Trinajstić information content (AvgIpc) is 2.48. The largest absolute Gasteiger partial charge is 0.476 e. The van der Waals surface area contributed by atoms with Crippen molar-refractivity contribution in [2.45, 2.75) is 0 Å². The number of halogens is 1. The minimum Gasteiger partial charge on any atom is -0.476 e. The monoisotopic (exact) mass is 241 g/mol. The lowest BCUT2D eigenvalue weighted by Crippen LogP contribution is -2.01. The predicted octanol–water partition coefficient (Wildman–Crippen LogP) is 1.42. The summed E-state index contributed by atoms with van der Waals surface area (Å²) in [5.41, 5.74) is 0.456. The van der Waals surface area contributed by atoms with Crippen molar-refractivity contribution in [3.8, 4) is 0 Å². The van der Waals surface area contributed by atoms with Crippen LogP contribution in [0.3, 0.4) is 0 Å². The van der Waals surface area contributed by atoms with Gasteiger partial charge in [0.15, 0.2) is 11.3 Å². The molecule has 0 aliphatic rings. The van der Waals surface area contributed by atoms with Crippen LogP contribution in [0.4, 0.5) is 0 Å². The second-order valence-corrected chi connectivity index (χ2v) is 3.29. The summed E-state index contributed by atoms with van der Waals surface area (Å²) in [6.45, 7) is 0. The van der Waals surface area contributed by atoms with Crippen LogP contribution in [-0.4, -0.2) is 26.3 Å². The molecule has 0 fully saturated rings. The first-order valence-corrected chi connectivity index (χ1v) is 4.20. The van der Waals surface area contributed by atoms with Crippen LogP contribution in [0.5, 0.6) is 0 Å². The molecule has 0 amide bonds. The summed E-state index contributed by atoms with van der Waals surface area (Å²) in [6.07, 6.45) is 1.58. The van der Waals surface area contributed by atoms with Crippen LogP contribution in [0.25, 0.3) is 11.0 Å². The van der Waals surface area contributed by atoms with Crippen LogP contribution < -0.4 is 0 Å². The molecule has 66 valence electrons. The van der Waals surface area contributed by atoms with Gasteiger partial charge in [-0.1, -0.05) is 0 Å². The third-order valence-electron chi connectivity index (χ3n) is 1.58. The van der Waals surface area contributed by atoms with Gasteiger partial charge in [0.05, 0.1) is 10.7 Å². The fourth-order valence-corrected chi connectivity index (χ4v) is 1.51. The molecule has 2 heterocycles. The molecule has 6 heteroatoms. The molecule has 0 saturated carbocycles. The van der Waals surface area contributed by atoms with Gasteiger partial charge in [-0.15, -0.1) is 0 Å². The molecule has 5 nitrogen and oxygen atoms in total. The zero-order valence-electron chi connectivity index (χ0n) is 6.28. The maximum atomic E-state index is 10.7. The molecule has 2 aromatic heterocycles. The molecule has 0 aromatic carbocycles. The van der Waals surface area contributed by atoms with Crippen LogP contribution in [0.2, 0.25) is 0 Å². The second-order valence-electron chi connectivity index (χ2n) is 2.43. The molecular formula is C7H4BrN3O2. The Morgan fingerprint density at radius 3 is 3.08 bits per heavy atom. The van der Waals surface area contributed by atoms with E-state index in [-0.39, 0.29) is 5.69 Å². The van der Waals surface area contributed by atoms with Crippen molar-refractivity contribution in [1.82, 2.24) is 15.2 Å². The average molecular weight is 242 g/mol. The molecule has 2 rings (SSSR count). The number of aromatic carboxylic acids is 1. The second kappa shape index (κ2) is 2.81. The maximum absolute atomic E-state index is 10.7. The Morgan fingerprint density at radius 1 is 1.62 bits per heavy atom. The van der Waals surface area contributed by atoms with Gasteiger partial charge >= 0.3 is 5.97 Å². The van der Waals surface area contributed by atoms with Crippen molar-refractivity contribution in [2.75, 3.05) is 0 Å². The van der Waals surface area contributed by atoms with Crippen molar-refractivity contribution in [3.63, 3.8) is 0 Å². The van der Waals surface area contributed by atoms with Gasteiger partial charge in [-0.25, -0.2) is 9.78 Å². The number of carboxylic acid groups (broad SMARTS) is 1. The number of carbonyl (C=O) groups is 1. The molecule has 0 saturated heterocycles. The molecule has 13 heavy (non-hydrogen) atoms. The summed E-state index contributed by atoms with van der Waals surface area (Å²) in [4.78, 5) is 14.5. The standard InChI is InChI=1S/C7H4BrN3O2/c8-4-1-3-2-9-11-6(3)10-5(4)7(12)13/h1-2H,(H,12,13)(H,9,10,11). The normalized spacial score (nSPS) is 10.5. The molecule has 2 N–H and O–H groups in total. The Labute approximate surface area is 80.9 Å². The van der Waals surface area contributed by atoms with Crippen molar-refractivity contribution >= 4 is 32.9 Å². The number of hydrogen-bond acceptors (Lipinski definition) is 3. The van der Waals surface area contributed by atoms with Crippen molar-refractivity contribution in [3.05, 3.63) is 22.4 Å². The van der Waals surface area contributed by atoms with E-state index in [1.807, 2.05) is 0 Å². The number of aromatic amines is 1. The summed E-state index contributed by atoms with van der Waals surface area (Å²) >= 11 is 3.12. The van der Waals surface area contributed by atoms with Crippen LogP contribution in [-0.2, 0) is 0 Å². The summed E-state index contributed by atoms with van der Waals surface area (Å²) in [5.74, 6) is -1.07. The Kier molecular flexibility index (Phi) is 1.77. The lowest BCUT2D eigenvalue weighted by molar-refractivity contribution is 0.0690. The molecule has 0 unspecified atom stereocenters. The zero-order valence-corrected chi connectivity index (χ0v) is 7.87. The van der Waals surface area contributed by atoms with Gasteiger partial charge in [-0.3, -0.25) is 5.10 Å². The first-order chi connectivity index (χ1) is 6.18. The van der Waals surface area contributed by atoms with Crippen LogP contribution >= 0.6 is 15.9 Å². The Hall–Kier alpha value is -1.43. The highest BCUT2D eigenvalue weighted by Gasteiger charge is 2.11. The number of rotatable bonds is 1. The number of nitrogens with zero attached hydrogens (tertiary/aromatic N) is 2. The molecule has 2 aromatic rings. The first kappa shape index (κ1) is 8.18. The zero-order chi connectivity index (χ0) is 9.42. The smallest absolute Gasteiger partial charge is 0.355 e. The van der Waals surface area contributed by atoms with Crippen molar-refractivity contribution in [1.29, 1.82) is 0 Å². The van der Waals surface area contributed by atoms with E-state index in [1.165, 1.54) is 0 Å². The van der Waals surface area contributed by atoms with E-state index in [0.29, 0.717) is 10.1 Å². The molecule has 0 aliphatic carbocycles. The number of hydrogen-bond donors (Lipinski definition) is 2. The first-order valence-electron chi connectivity index (χ1n) is 3.41. The SMILES string of the molecule is O=C(O)c1nc2[nH]ncc2cc1Br. The van der Waals surface area contributed by atoms with Crippen molar-refractivity contribution < 1.29 is 9.90 Å². The molecule has 0 atom stereocenters. The fourth-order valence-electron chi connectivity index (χ4n) is 1.00. The van der Waals surface area contributed by atoms with E-state index in [9.17, 15) is 4.79 Å². The van der Waals surface area contributed by atoms with Gasteiger partial charge in [0, 0.05) is 5.39 Å². The van der Waals surface area contributed by atoms with Crippen LogP contribution in [0.1, 0.15) is 10.5 Å². The Balaban J connectivity index is 2.76. The van der Waals surface area contributed by atoms with E-state index < -0.39 is 5.97 Å². The van der Waals surface area contributed by atoms with Crippen molar-refractivity contribution in [2.24, 2.45) is 0 Å². The minimum absolute atomic E-state index is 0.0169. The van der Waals surface area contributed by atoms with E-state index in [0.717, 1.165) is 5.39 Å². The number of aromatic nitrogens is 3. The summed E-state index contributed by atoms with van der Waals surface area (Å²) in [7, 11) is 0. The van der Waals surface area contributed by atoms with E-state index >= 15 is 0 Å². The number of pyridine rings is 1. The van der Waals surface area contributed by atoms with E-state index in [4.69, 9.17) is 5.11 Å². The van der Waals surface area contributed by atoms with E-state index in [2.05, 4.69) is 31.1 Å². The highest BCUT2D eigenvalue weighted by atomic mass is 79.9. The molecule has 0 bridgehead atoms. The fraction of sp³-hybridized carbons (Fsp3) is 0. The molecule has 0 aliphatic heterocycles. The summed E-state index contributed by atoms with van der Waals surface area (Å²) in [6, 6.07) is 1.66. The van der Waals surface area contributed by atoms with Crippen LogP contribution in [0, 0.1) is 0 Å². The lowest BCUT2D eigenvalue weighted by Gasteiger charge is -1.96. The number of carboxylic acids is 1. The quantitative estimate of drug-likeness (QED) is 0.792. The number of fused-ring (bicyclic) bond motifs is 1. The highest BCUT2D eigenvalue weighted by Crippen LogP contribution is 2.19. The lowest BCUT2D eigenvalue weighted by atomic mass is 10.3. The third kappa shape index (κ3) is 1.29. The Morgan fingerprint density at radius 2 is 2.38 bits per heavy atom. The van der Waals surface area contributed by atoms with Gasteiger partial charge in [0.25, 0.3) is 0 Å². The van der Waals surface area contributed by atoms with Gasteiger partial charge in [0.2, 0.25) is 0 Å². The minimum atomic E-state index is -1.07. The number of nitrogens with one attached hydrogen (secondary N) is 1.